The third kappa shape index (κ3) is 3.69. The standard InChI is InChI=1S/C8H15ClO6S3/c1-4-16(10,11)7(9)8(17(12,13)5-2)18(14,15)6-3/h4-6H2,1-3H3. The maximum Gasteiger partial charge on any atom is 0.191 e. The Hall–Kier alpha value is -0.120. The Labute approximate surface area is 113 Å². The molecule has 108 valence electrons. The highest BCUT2D eigenvalue weighted by Gasteiger charge is 2.35. The lowest BCUT2D eigenvalue weighted by Crippen LogP contribution is -2.21. The van der Waals surface area contributed by atoms with Gasteiger partial charge < -0.3 is 0 Å². The zero-order valence-corrected chi connectivity index (χ0v) is 13.4. The van der Waals surface area contributed by atoms with Gasteiger partial charge in [-0.2, -0.15) is 0 Å². The Morgan fingerprint density at radius 2 is 1.00 bits per heavy atom. The second kappa shape index (κ2) is 5.89. The largest absolute Gasteiger partial charge is 0.223 e. The second-order valence-corrected chi connectivity index (χ2v) is 10.8. The fourth-order valence-electron chi connectivity index (χ4n) is 0.954. The molecule has 0 atom stereocenters. The average molecular weight is 339 g/mol. The number of hydrogen-bond donors (Lipinski definition) is 0. The van der Waals surface area contributed by atoms with Crippen molar-refractivity contribution in [3.63, 3.8) is 0 Å². The van der Waals surface area contributed by atoms with Crippen LogP contribution in [0.15, 0.2) is 8.60 Å². The maximum atomic E-state index is 11.7. The maximum absolute atomic E-state index is 11.7. The minimum atomic E-state index is -4.24. The number of halogens is 1. The molecule has 0 N–H and O–H groups in total. The molecule has 6 nitrogen and oxygen atoms in total. The molecule has 0 amide bonds. The van der Waals surface area contributed by atoms with Gasteiger partial charge >= 0.3 is 0 Å². The van der Waals surface area contributed by atoms with Crippen LogP contribution in [0, 0.1) is 0 Å². The van der Waals surface area contributed by atoms with Crippen LogP contribution in [0.1, 0.15) is 20.8 Å². The molecule has 0 aromatic rings. The van der Waals surface area contributed by atoms with Gasteiger partial charge in [-0.1, -0.05) is 32.4 Å². The van der Waals surface area contributed by atoms with E-state index < -0.39 is 55.4 Å². The van der Waals surface area contributed by atoms with Gasteiger partial charge in [0, 0.05) is 0 Å². The summed E-state index contributed by atoms with van der Waals surface area (Å²) in [7, 11) is -12.6. The highest BCUT2D eigenvalue weighted by Crippen LogP contribution is 2.27. The van der Waals surface area contributed by atoms with Crippen LogP contribution in [0.4, 0.5) is 0 Å². The van der Waals surface area contributed by atoms with Crippen LogP contribution in [0.3, 0.4) is 0 Å². The third-order valence-electron chi connectivity index (χ3n) is 2.14. The van der Waals surface area contributed by atoms with Gasteiger partial charge in [-0.3, -0.25) is 0 Å². The molecule has 0 unspecified atom stereocenters. The molecule has 0 rings (SSSR count). The van der Waals surface area contributed by atoms with Crippen molar-refractivity contribution in [1.29, 1.82) is 0 Å². The molecule has 0 heterocycles. The minimum Gasteiger partial charge on any atom is -0.223 e. The number of rotatable bonds is 6. The van der Waals surface area contributed by atoms with Crippen molar-refractivity contribution in [3.05, 3.63) is 8.60 Å². The average Bonchev–Trinajstić information content (AvgIpc) is 2.28. The summed E-state index contributed by atoms with van der Waals surface area (Å²) >= 11 is 5.50. The summed E-state index contributed by atoms with van der Waals surface area (Å²) in [5.74, 6) is -1.57. The molecule has 0 saturated heterocycles. The monoisotopic (exact) mass is 338 g/mol. The fraction of sp³-hybridized carbons (Fsp3) is 0.750. The Bertz CT molecular complexity index is 603. The lowest BCUT2D eigenvalue weighted by molar-refractivity contribution is 0.593. The van der Waals surface area contributed by atoms with E-state index in [1.807, 2.05) is 0 Å². The zero-order valence-electron chi connectivity index (χ0n) is 10.2. The lowest BCUT2D eigenvalue weighted by Gasteiger charge is -2.10. The minimum absolute atomic E-state index is 0.478. The molecular weight excluding hydrogens is 324 g/mol. The van der Waals surface area contributed by atoms with E-state index >= 15 is 0 Å². The summed E-state index contributed by atoms with van der Waals surface area (Å²) in [5.41, 5.74) is 0. The van der Waals surface area contributed by atoms with Crippen LogP contribution >= 0.6 is 11.6 Å². The third-order valence-corrected chi connectivity index (χ3v) is 9.61. The summed E-state index contributed by atoms with van der Waals surface area (Å²) in [5, 5.41) is 0. The van der Waals surface area contributed by atoms with Gasteiger partial charge in [0.25, 0.3) is 0 Å². The van der Waals surface area contributed by atoms with Crippen LogP contribution in [0.2, 0.25) is 0 Å². The summed E-state index contributed by atoms with van der Waals surface area (Å²) in [6.45, 7) is 3.67. The molecule has 0 aromatic heterocycles. The van der Waals surface area contributed by atoms with Gasteiger partial charge in [0.15, 0.2) is 38.1 Å². The van der Waals surface area contributed by atoms with Gasteiger partial charge in [-0.15, -0.1) is 0 Å². The summed E-state index contributed by atoms with van der Waals surface area (Å²) in [6, 6.07) is 0. The molecule has 0 saturated carbocycles. The van der Waals surface area contributed by atoms with Crippen molar-refractivity contribution in [2.24, 2.45) is 0 Å². The first-order valence-corrected chi connectivity index (χ1v) is 10.4. The first-order valence-electron chi connectivity index (χ1n) is 5.04. The summed E-state index contributed by atoms with van der Waals surface area (Å²) in [6.07, 6.45) is 0. The molecule has 10 heteroatoms. The predicted molar refractivity (Wildman–Crippen MR) is 71.3 cm³/mol. The first-order chi connectivity index (χ1) is 7.96. The van der Waals surface area contributed by atoms with E-state index in [9.17, 15) is 25.3 Å². The van der Waals surface area contributed by atoms with Crippen LogP contribution in [0.5, 0.6) is 0 Å². The van der Waals surface area contributed by atoms with Crippen molar-refractivity contribution in [2.45, 2.75) is 20.8 Å². The molecule has 0 fully saturated rings. The molecule has 18 heavy (non-hydrogen) atoms. The smallest absolute Gasteiger partial charge is 0.191 e. The molecule has 0 aliphatic heterocycles. The van der Waals surface area contributed by atoms with Crippen LogP contribution in [0.25, 0.3) is 0 Å². The van der Waals surface area contributed by atoms with Gasteiger partial charge in [0.05, 0.1) is 17.3 Å². The van der Waals surface area contributed by atoms with Crippen molar-refractivity contribution >= 4 is 41.1 Å². The van der Waals surface area contributed by atoms with E-state index in [1.165, 1.54) is 20.8 Å². The summed E-state index contributed by atoms with van der Waals surface area (Å²) < 4.78 is 67.7. The van der Waals surface area contributed by atoms with Crippen molar-refractivity contribution < 1.29 is 25.3 Å². The molecule has 0 aromatic carbocycles. The number of hydrogen-bond acceptors (Lipinski definition) is 6. The lowest BCUT2D eigenvalue weighted by atomic mass is 11.0. The topological polar surface area (TPSA) is 102 Å². The fourth-order valence-corrected chi connectivity index (χ4v) is 7.29. The van der Waals surface area contributed by atoms with E-state index in [0.717, 1.165) is 0 Å². The van der Waals surface area contributed by atoms with Gasteiger partial charge in [0.2, 0.25) is 0 Å². The van der Waals surface area contributed by atoms with Crippen molar-refractivity contribution in [1.82, 2.24) is 0 Å². The SMILES string of the molecule is CCS(=O)(=O)C(Cl)=C(S(=O)(=O)CC)S(=O)(=O)CC. The first kappa shape index (κ1) is 17.9. The predicted octanol–water partition coefficient (Wildman–Crippen LogP) is 0.656. The molecule has 0 radical (unpaired) electrons. The van der Waals surface area contributed by atoms with Gasteiger partial charge in [0.1, 0.15) is 0 Å². The molecule has 0 spiro atoms. The van der Waals surface area contributed by atoms with Crippen molar-refractivity contribution in [2.75, 3.05) is 17.3 Å². The van der Waals surface area contributed by atoms with E-state index in [4.69, 9.17) is 11.6 Å². The highest BCUT2D eigenvalue weighted by molar-refractivity contribution is 8.15. The zero-order chi connectivity index (χ0) is 14.8. The van der Waals surface area contributed by atoms with Crippen molar-refractivity contribution in [3.8, 4) is 0 Å². The Morgan fingerprint density at radius 1 is 0.722 bits per heavy atom. The Kier molecular flexibility index (Phi) is 5.85. The second-order valence-electron chi connectivity index (χ2n) is 3.27. The van der Waals surface area contributed by atoms with Crippen LogP contribution < -0.4 is 0 Å². The Morgan fingerprint density at radius 3 is 1.22 bits per heavy atom. The van der Waals surface area contributed by atoms with E-state index in [2.05, 4.69) is 0 Å². The number of sulfone groups is 3. The van der Waals surface area contributed by atoms with Gasteiger partial charge in [-0.25, -0.2) is 25.3 Å². The van der Waals surface area contributed by atoms with Crippen LogP contribution in [-0.2, 0) is 29.5 Å². The molecule has 0 aliphatic rings. The molecule has 0 aliphatic carbocycles. The molecule has 0 bridgehead atoms. The quantitative estimate of drug-likeness (QED) is 0.704. The van der Waals surface area contributed by atoms with E-state index in [0.29, 0.717) is 0 Å². The van der Waals surface area contributed by atoms with Gasteiger partial charge in [-0.05, 0) is 0 Å². The summed E-state index contributed by atoms with van der Waals surface area (Å²) in [4.78, 5) is 0. The van der Waals surface area contributed by atoms with E-state index in [-0.39, 0.29) is 0 Å². The van der Waals surface area contributed by atoms with Crippen LogP contribution in [-0.4, -0.2) is 42.5 Å². The Balaban J connectivity index is 6.60. The normalized spacial score (nSPS) is 13.3. The highest BCUT2D eigenvalue weighted by atomic mass is 35.5. The molecular formula is C8H15ClO6S3. The van der Waals surface area contributed by atoms with E-state index in [1.54, 1.807) is 0 Å².